The van der Waals surface area contributed by atoms with Crippen LogP contribution in [-0.4, -0.2) is 23.1 Å². The van der Waals surface area contributed by atoms with Gasteiger partial charge in [-0.2, -0.15) is 0 Å². The van der Waals surface area contributed by atoms with Crippen molar-refractivity contribution in [2.75, 3.05) is 18.5 Å². The minimum Gasteiger partial charge on any atom is -0.494 e. The maximum atomic E-state index is 5.56. The van der Waals surface area contributed by atoms with Gasteiger partial charge in [-0.3, -0.25) is 0 Å². The summed E-state index contributed by atoms with van der Waals surface area (Å²) in [4.78, 5) is 8.63. The van der Waals surface area contributed by atoms with Crippen molar-refractivity contribution in [3.05, 3.63) is 36.5 Å². The van der Waals surface area contributed by atoms with Gasteiger partial charge in [-0.25, -0.2) is 9.97 Å². The fraction of sp³-hybridized carbons (Fsp3) is 0.333. The van der Waals surface area contributed by atoms with Crippen molar-refractivity contribution in [3.8, 4) is 17.0 Å². The highest BCUT2D eigenvalue weighted by atomic mass is 16.5. The molecule has 0 spiro atoms. The van der Waals surface area contributed by atoms with Crippen LogP contribution in [0.3, 0.4) is 0 Å². The topological polar surface area (TPSA) is 47.0 Å². The number of aromatic nitrogens is 2. The summed E-state index contributed by atoms with van der Waals surface area (Å²) in [5, 5.41) is 3.11. The van der Waals surface area contributed by atoms with E-state index in [0.717, 1.165) is 36.6 Å². The fourth-order valence-electron chi connectivity index (χ4n) is 1.70. The number of nitrogens with zero attached hydrogens (tertiary/aromatic N) is 2. The van der Waals surface area contributed by atoms with Crippen molar-refractivity contribution < 1.29 is 4.74 Å². The summed E-state index contributed by atoms with van der Waals surface area (Å²) in [6.07, 6.45) is 2.78. The standard InChI is InChI=1S/C15H19N3O/c1-3-11-19-13-7-5-12(6-8-13)14-9-10-17-15(18-14)16-4-2/h5-10H,3-4,11H2,1-2H3,(H,16,17,18). The third-order valence-corrected chi connectivity index (χ3v) is 2.61. The molecular formula is C15H19N3O. The first kappa shape index (κ1) is 13.3. The Kier molecular flexibility index (Phi) is 4.72. The van der Waals surface area contributed by atoms with Crippen molar-refractivity contribution >= 4 is 5.95 Å². The van der Waals surface area contributed by atoms with Crippen LogP contribution < -0.4 is 10.1 Å². The molecule has 2 rings (SSSR count). The molecule has 0 aliphatic heterocycles. The van der Waals surface area contributed by atoms with E-state index < -0.39 is 0 Å². The lowest BCUT2D eigenvalue weighted by Gasteiger charge is -2.07. The first-order valence-corrected chi connectivity index (χ1v) is 6.63. The number of anilines is 1. The molecule has 0 bridgehead atoms. The lowest BCUT2D eigenvalue weighted by Crippen LogP contribution is -2.02. The quantitative estimate of drug-likeness (QED) is 0.862. The molecule has 100 valence electrons. The van der Waals surface area contributed by atoms with Crippen molar-refractivity contribution in [2.45, 2.75) is 20.3 Å². The Balaban J connectivity index is 2.14. The van der Waals surface area contributed by atoms with Gasteiger partial charge in [0, 0.05) is 18.3 Å². The summed E-state index contributed by atoms with van der Waals surface area (Å²) in [6.45, 7) is 5.68. The van der Waals surface area contributed by atoms with E-state index >= 15 is 0 Å². The molecule has 0 fully saturated rings. The lowest BCUT2D eigenvalue weighted by atomic mass is 10.1. The normalized spacial score (nSPS) is 10.2. The summed E-state index contributed by atoms with van der Waals surface area (Å²) in [5.74, 6) is 1.55. The Hall–Kier alpha value is -2.10. The van der Waals surface area contributed by atoms with E-state index in [1.807, 2.05) is 37.3 Å². The Morgan fingerprint density at radius 2 is 1.89 bits per heavy atom. The SMILES string of the molecule is CCCOc1ccc(-c2ccnc(NCC)n2)cc1. The number of hydrogen-bond donors (Lipinski definition) is 1. The molecule has 19 heavy (non-hydrogen) atoms. The largest absolute Gasteiger partial charge is 0.494 e. The van der Waals surface area contributed by atoms with Crippen LogP contribution in [0.4, 0.5) is 5.95 Å². The monoisotopic (exact) mass is 257 g/mol. The second-order valence-electron chi connectivity index (χ2n) is 4.17. The van der Waals surface area contributed by atoms with Crippen LogP contribution in [0.1, 0.15) is 20.3 Å². The average molecular weight is 257 g/mol. The lowest BCUT2D eigenvalue weighted by molar-refractivity contribution is 0.317. The van der Waals surface area contributed by atoms with Crippen LogP contribution in [-0.2, 0) is 0 Å². The third kappa shape index (κ3) is 3.68. The van der Waals surface area contributed by atoms with E-state index in [2.05, 4.69) is 22.2 Å². The van der Waals surface area contributed by atoms with E-state index in [1.165, 1.54) is 0 Å². The third-order valence-electron chi connectivity index (χ3n) is 2.61. The minimum atomic E-state index is 0.659. The molecule has 0 atom stereocenters. The molecule has 1 heterocycles. The first-order chi connectivity index (χ1) is 9.33. The highest BCUT2D eigenvalue weighted by Crippen LogP contribution is 2.21. The molecule has 4 nitrogen and oxygen atoms in total. The van der Waals surface area contributed by atoms with Gasteiger partial charge in [0.25, 0.3) is 0 Å². The van der Waals surface area contributed by atoms with Crippen LogP contribution in [0.25, 0.3) is 11.3 Å². The summed E-state index contributed by atoms with van der Waals surface area (Å²) >= 11 is 0. The Morgan fingerprint density at radius 3 is 2.58 bits per heavy atom. The highest BCUT2D eigenvalue weighted by molar-refractivity contribution is 5.60. The summed E-state index contributed by atoms with van der Waals surface area (Å²) in [7, 11) is 0. The predicted octanol–water partition coefficient (Wildman–Crippen LogP) is 3.36. The molecule has 1 N–H and O–H groups in total. The summed E-state index contributed by atoms with van der Waals surface area (Å²) < 4.78 is 5.56. The van der Waals surface area contributed by atoms with Gasteiger partial charge in [-0.1, -0.05) is 6.92 Å². The first-order valence-electron chi connectivity index (χ1n) is 6.63. The molecule has 0 amide bonds. The summed E-state index contributed by atoms with van der Waals surface area (Å²) in [5.41, 5.74) is 1.97. The van der Waals surface area contributed by atoms with Crippen LogP contribution in [0.5, 0.6) is 5.75 Å². The van der Waals surface area contributed by atoms with E-state index in [0.29, 0.717) is 5.95 Å². The fourth-order valence-corrected chi connectivity index (χ4v) is 1.70. The molecule has 0 saturated carbocycles. The number of rotatable bonds is 6. The molecule has 1 aromatic carbocycles. The maximum Gasteiger partial charge on any atom is 0.223 e. The van der Waals surface area contributed by atoms with Crippen molar-refractivity contribution in [1.29, 1.82) is 0 Å². The van der Waals surface area contributed by atoms with Gasteiger partial charge in [0.05, 0.1) is 12.3 Å². The second-order valence-corrected chi connectivity index (χ2v) is 4.17. The second kappa shape index (κ2) is 6.73. The molecule has 0 radical (unpaired) electrons. The zero-order valence-electron chi connectivity index (χ0n) is 11.4. The molecular weight excluding hydrogens is 238 g/mol. The number of hydrogen-bond acceptors (Lipinski definition) is 4. The number of benzene rings is 1. The van der Waals surface area contributed by atoms with E-state index in [-0.39, 0.29) is 0 Å². The number of nitrogens with one attached hydrogen (secondary N) is 1. The number of ether oxygens (including phenoxy) is 1. The molecule has 0 aliphatic rings. The van der Waals surface area contributed by atoms with Gasteiger partial charge in [0.2, 0.25) is 5.95 Å². The maximum absolute atomic E-state index is 5.56. The van der Waals surface area contributed by atoms with Crippen molar-refractivity contribution in [2.24, 2.45) is 0 Å². The van der Waals surface area contributed by atoms with Gasteiger partial charge in [-0.15, -0.1) is 0 Å². The molecule has 0 saturated heterocycles. The van der Waals surface area contributed by atoms with Crippen LogP contribution in [0.2, 0.25) is 0 Å². The van der Waals surface area contributed by atoms with Crippen LogP contribution in [0, 0.1) is 0 Å². The van der Waals surface area contributed by atoms with Gasteiger partial charge in [0.15, 0.2) is 0 Å². The molecule has 0 aliphatic carbocycles. The average Bonchev–Trinajstić information content (AvgIpc) is 2.46. The highest BCUT2D eigenvalue weighted by Gasteiger charge is 2.02. The molecule has 4 heteroatoms. The smallest absolute Gasteiger partial charge is 0.223 e. The Morgan fingerprint density at radius 1 is 1.11 bits per heavy atom. The van der Waals surface area contributed by atoms with Crippen LogP contribution in [0.15, 0.2) is 36.5 Å². The molecule has 0 unspecified atom stereocenters. The minimum absolute atomic E-state index is 0.659. The van der Waals surface area contributed by atoms with Gasteiger partial charge in [-0.05, 0) is 43.7 Å². The van der Waals surface area contributed by atoms with Gasteiger partial charge in [0.1, 0.15) is 5.75 Å². The Bertz CT molecular complexity index is 511. The zero-order valence-corrected chi connectivity index (χ0v) is 11.4. The van der Waals surface area contributed by atoms with Crippen LogP contribution >= 0.6 is 0 Å². The van der Waals surface area contributed by atoms with E-state index in [1.54, 1.807) is 6.20 Å². The predicted molar refractivity (Wildman–Crippen MR) is 77.4 cm³/mol. The van der Waals surface area contributed by atoms with E-state index in [9.17, 15) is 0 Å². The zero-order chi connectivity index (χ0) is 13.5. The van der Waals surface area contributed by atoms with Gasteiger partial charge < -0.3 is 10.1 Å². The molecule has 1 aromatic heterocycles. The summed E-state index contributed by atoms with van der Waals surface area (Å²) in [6, 6.07) is 9.88. The van der Waals surface area contributed by atoms with Crippen molar-refractivity contribution in [1.82, 2.24) is 9.97 Å². The molecule has 2 aromatic rings. The van der Waals surface area contributed by atoms with E-state index in [4.69, 9.17) is 4.74 Å². The Labute approximate surface area is 113 Å². The van der Waals surface area contributed by atoms with Gasteiger partial charge >= 0.3 is 0 Å². The van der Waals surface area contributed by atoms with Crippen molar-refractivity contribution in [3.63, 3.8) is 0 Å².